The normalized spacial score (nSPS) is 12.9. The lowest BCUT2D eigenvalue weighted by Crippen LogP contribution is -2.29. The first-order valence-corrected chi connectivity index (χ1v) is 7.43. The van der Waals surface area contributed by atoms with E-state index in [1.807, 2.05) is 36.5 Å². The number of hydrogen-bond donors (Lipinski definition) is 1. The molecule has 1 N–H and O–H groups in total. The number of nitrogens with zero attached hydrogens (tertiary/aromatic N) is 2. The molecular formula is C18H18N2O3. The summed E-state index contributed by atoms with van der Waals surface area (Å²) >= 11 is 0. The van der Waals surface area contributed by atoms with Crippen LogP contribution in [0.25, 0.3) is 6.08 Å². The minimum absolute atomic E-state index is 0.154. The first-order chi connectivity index (χ1) is 11.1. The summed E-state index contributed by atoms with van der Waals surface area (Å²) in [5.74, 6) is 0.429. The molecule has 2 heterocycles. The molecule has 0 fully saturated rings. The first-order valence-electron chi connectivity index (χ1n) is 7.43. The number of hydrogen-bond acceptors (Lipinski definition) is 4. The van der Waals surface area contributed by atoms with Crippen LogP contribution >= 0.6 is 0 Å². The molecule has 0 saturated carbocycles. The van der Waals surface area contributed by atoms with E-state index < -0.39 is 0 Å². The SMILES string of the molecule is CC(=O)N(O)CC1=Cc2cc(Cc3cccnc3)ccc2OC1. The molecule has 5 heteroatoms. The zero-order valence-electron chi connectivity index (χ0n) is 12.9. The van der Waals surface area contributed by atoms with Gasteiger partial charge in [0.2, 0.25) is 5.91 Å². The molecule has 0 spiro atoms. The van der Waals surface area contributed by atoms with E-state index in [2.05, 4.69) is 11.1 Å². The van der Waals surface area contributed by atoms with Crippen molar-refractivity contribution in [2.45, 2.75) is 13.3 Å². The summed E-state index contributed by atoms with van der Waals surface area (Å²) in [6, 6.07) is 10.0. The largest absolute Gasteiger partial charge is 0.489 e. The highest BCUT2D eigenvalue weighted by Gasteiger charge is 2.15. The number of hydroxylamine groups is 2. The van der Waals surface area contributed by atoms with Crippen LogP contribution in [0.5, 0.6) is 5.75 Å². The van der Waals surface area contributed by atoms with Gasteiger partial charge in [0.15, 0.2) is 0 Å². The van der Waals surface area contributed by atoms with Gasteiger partial charge in [-0.1, -0.05) is 12.1 Å². The maximum Gasteiger partial charge on any atom is 0.243 e. The van der Waals surface area contributed by atoms with Crippen LogP contribution < -0.4 is 4.74 Å². The number of carbonyl (C=O) groups is 1. The Balaban J connectivity index is 1.79. The van der Waals surface area contributed by atoms with Crippen molar-refractivity contribution in [3.8, 4) is 5.75 Å². The highest BCUT2D eigenvalue weighted by Crippen LogP contribution is 2.28. The van der Waals surface area contributed by atoms with E-state index in [1.165, 1.54) is 6.92 Å². The van der Waals surface area contributed by atoms with Crippen molar-refractivity contribution in [1.82, 2.24) is 10.0 Å². The second-order valence-corrected chi connectivity index (χ2v) is 5.58. The van der Waals surface area contributed by atoms with E-state index in [0.717, 1.165) is 34.4 Å². The Morgan fingerprint density at radius 3 is 2.96 bits per heavy atom. The lowest BCUT2D eigenvalue weighted by Gasteiger charge is -2.21. The van der Waals surface area contributed by atoms with E-state index in [0.29, 0.717) is 11.7 Å². The zero-order chi connectivity index (χ0) is 16.2. The maximum absolute atomic E-state index is 11.1. The quantitative estimate of drug-likeness (QED) is 0.696. The summed E-state index contributed by atoms with van der Waals surface area (Å²) in [4.78, 5) is 15.2. The Morgan fingerprint density at radius 1 is 1.35 bits per heavy atom. The van der Waals surface area contributed by atoms with Crippen LogP contribution in [0.4, 0.5) is 0 Å². The summed E-state index contributed by atoms with van der Waals surface area (Å²) in [6.45, 7) is 1.85. The van der Waals surface area contributed by atoms with Crippen molar-refractivity contribution in [1.29, 1.82) is 0 Å². The topological polar surface area (TPSA) is 62.7 Å². The Hall–Kier alpha value is -2.66. The van der Waals surface area contributed by atoms with Gasteiger partial charge in [0.25, 0.3) is 0 Å². The Labute approximate surface area is 134 Å². The van der Waals surface area contributed by atoms with Gasteiger partial charge in [0.05, 0.1) is 6.54 Å². The van der Waals surface area contributed by atoms with E-state index in [4.69, 9.17) is 4.74 Å². The van der Waals surface area contributed by atoms with Crippen LogP contribution in [-0.2, 0) is 11.2 Å². The molecule has 5 nitrogen and oxygen atoms in total. The van der Waals surface area contributed by atoms with Crippen molar-refractivity contribution in [2.24, 2.45) is 0 Å². The number of aromatic nitrogens is 1. The highest BCUT2D eigenvalue weighted by atomic mass is 16.5. The maximum atomic E-state index is 11.1. The molecule has 1 amide bonds. The molecule has 1 aromatic carbocycles. The van der Waals surface area contributed by atoms with Crippen molar-refractivity contribution >= 4 is 12.0 Å². The van der Waals surface area contributed by atoms with Crippen LogP contribution in [0.3, 0.4) is 0 Å². The summed E-state index contributed by atoms with van der Waals surface area (Å²) in [5.41, 5.74) is 4.12. The highest BCUT2D eigenvalue weighted by molar-refractivity contribution is 5.73. The average Bonchev–Trinajstić information content (AvgIpc) is 2.55. The fraction of sp³-hybridized carbons (Fsp3) is 0.222. The number of rotatable bonds is 4. The van der Waals surface area contributed by atoms with Crippen LogP contribution in [0.2, 0.25) is 0 Å². The van der Waals surface area contributed by atoms with Gasteiger partial charge in [-0.05, 0) is 47.4 Å². The van der Waals surface area contributed by atoms with Crippen molar-refractivity contribution < 1.29 is 14.7 Å². The van der Waals surface area contributed by atoms with Gasteiger partial charge in [0, 0.05) is 24.9 Å². The fourth-order valence-corrected chi connectivity index (χ4v) is 2.52. The molecular weight excluding hydrogens is 292 g/mol. The van der Waals surface area contributed by atoms with Gasteiger partial charge in [-0.2, -0.15) is 0 Å². The van der Waals surface area contributed by atoms with E-state index in [9.17, 15) is 10.0 Å². The summed E-state index contributed by atoms with van der Waals surface area (Å²) < 4.78 is 5.69. The van der Waals surface area contributed by atoms with E-state index in [-0.39, 0.29) is 12.5 Å². The fourth-order valence-electron chi connectivity index (χ4n) is 2.52. The number of amides is 1. The average molecular weight is 310 g/mol. The van der Waals surface area contributed by atoms with Crippen molar-refractivity contribution in [3.05, 3.63) is 65.0 Å². The predicted molar refractivity (Wildman–Crippen MR) is 86.1 cm³/mol. The van der Waals surface area contributed by atoms with Crippen LogP contribution in [0, 0.1) is 0 Å². The van der Waals surface area contributed by atoms with Gasteiger partial charge in [-0.25, -0.2) is 5.06 Å². The summed E-state index contributed by atoms with van der Waals surface area (Å²) in [7, 11) is 0. The summed E-state index contributed by atoms with van der Waals surface area (Å²) in [6.07, 6.45) is 6.38. The Kier molecular flexibility index (Phi) is 4.39. The number of fused-ring (bicyclic) bond motifs is 1. The van der Waals surface area contributed by atoms with Crippen molar-refractivity contribution in [2.75, 3.05) is 13.2 Å². The molecule has 3 rings (SSSR count). The Bertz CT molecular complexity index is 741. The molecule has 0 aliphatic carbocycles. The minimum atomic E-state index is -0.387. The van der Waals surface area contributed by atoms with Gasteiger partial charge in [0.1, 0.15) is 12.4 Å². The molecule has 23 heavy (non-hydrogen) atoms. The third-order valence-electron chi connectivity index (χ3n) is 3.69. The molecule has 1 aromatic heterocycles. The molecule has 0 bridgehead atoms. The molecule has 0 unspecified atom stereocenters. The minimum Gasteiger partial charge on any atom is -0.489 e. The number of pyridine rings is 1. The van der Waals surface area contributed by atoms with E-state index in [1.54, 1.807) is 6.20 Å². The van der Waals surface area contributed by atoms with Crippen molar-refractivity contribution in [3.63, 3.8) is 0 Å². The molecule has 0 saturated heterocycles. The second kappa shape index (κ2) is 6.62. The Morgan fingerprint density at radius 2 is 2.22 bits per heavy atom. The lowest BCUT2D eigenvalue weighted by atomic mass is 10.0. The molecule has 118 valence electrons. The van der Waals surface area contributed by atoms with Crippen LogP contribution in [0.1, 0.15) is 23.6 Å². The van der Waals surface area contributed by atoms with Crippen LogP contribution in [-0.4, -0.2) is 34.3 Å². The second-order valence-electron chi connectivity index (χ2n) is 5.58. The zero-order valence-corrected chi connectivity index (χ0v) is 12.9. The third kappa shape index (κ3) is 3.76. The van der Waals surface area contributed by atoms with Gasteiger partial charge in [-0.15, -0.1) is 0 Å². The predicted octanol–water partition coefficient (Wildman–Crippen LogP) is 2.69. The van der Waals surface area contributed by atoms with Gasteiger partial charge < -0.3 is 4.74 Å². The standard InChI is InChI=1S/C18H18N2O3/c1-13(21)20(22)11-16-9-17-8-14(4-5-18(17)23-12-16)7-15-3-2-6-19-10-15/h2-6,8-10,22H,7,11-12H2,1H3. The summed E-state index contributed by atoms with van der Waals surface area (Å²) in [5, 5.41) is 10.3. The monoisotopic (exact) mass is 310 g/mol. The molecule has 1 aliphatic rings. The smallest absolute Gasteiger partial charge is 0.243 e. The first kappa shape index (κ1) is 15.2. The van der Waals surface area contributed by atoms with Gasteiger partial charge in [-0.3, -0.25) is 15.0 Å². The van der Waals surface area contributed by atoms with Crippen LogP contribution in [0.15, 0.2) is 48.3 Å². The van der Waals surface area contributed by atoms with Gasteiger partial charge >= 0.3 is 0 Å². The molecule has 0 atom stereocenters. The third-order valence-corrected chi connectivity index (χ3v) is 3.69. The molecule has 1 aliphatic heterocycles. The number of ether oxygens (including phenoxy) is 1. The lowest BCUT2D eigenvalue weighted by molar-refractivity contribution is -0.160. The molecule has 0 radical (unpaired) electrons. The number of benzene rings is 1. The van der Waals surface area contributed by atoms with E-state index >= 15 is 0 Å². The molecule has 2 aromatic rings. The number of carbonyl (C=O) groups excluding carboxylic acids is 1.